The Morgan fingerprint density at radius 1 is 1.40 bits per heavy atom. The van der Waals surface area contributed by atoms with Crippen LogP contribution in [0.5, 0.6) is 0 Å². The summed E-state index contributed by atoms with van der Waals surface area (Å²) >= 11 is 0. The predicted octanol–water partition coefficient (Wildman–Crippen LogP) is 1.92. The minimum absolute atomic E-state index is 0.139. The van der Waals surface area contributed by atoms with E-state index >= 15 is 0 Å². The van der Waals surface area contributed by atoms with Crippen molar-refractivity contribution in [3.8, 4) is 0 Å². The third-order valence-electron chi connectivity index (χ3n) is 1.40. The number of nitrogens with two attached hydrogens (primary N) is 1. The first-order chi connectivity index (χ1) is 4.48. The number of halogens is 3. The van der Waals surface area contributed by atoms with Gasteiger partial charge in [-0.25, -0.2) is 0 Å². The zero-order valence-corrected chi connectivity index (χ0v) is 5.91. The van der Waals surface area contributed by atoms with Crippen LogP contribution in [-0.4, -0.2) is 12.7 Å². The molecule has 1 nitrogen and oxygen atoms in total. The molecule has 0 aliphatic carbocycles. The van der Waals surface area contributed by atoms with Crippen LogP contribution in [0, 0.1) is 5.92 Å². The van der Waals surface area contributed by atoms with Crippen molar-refractivity contribution < 1.29 is 13.2 Å². The largest absolute Gasteiger partial charge is 0.391 e. The van der Waals surface area contributed by atoms with E-state index in [-0.39, 0.29) is 6.42 Å². The van der Waals surface area contributed by atoms with Gasteiger partial charge in [0, 0.05) is 0 Å². The van der Waals surface area contributed by atoms with Crippen molar-refractivity contribution in [1.82, 2.24) is 0 Å². The topological polar surface area (TPSA) is 26.0 Å². The molecule has 0 saturated carbocycles. The average Bonchev–Trinajstić information content (AvgIpc) is 1.80. The number of hydrogen-bond acceptors (Lipinski definition) is 1. The Balaban J connectivity index is 3.52. The third-order valence-corrected chi connectivity index (χ3v) is 1.40. The van der Waals surface area contributed by atoms with Gasteiger partial charge in [0.05, 0.1) is 5.92 Å². The minimum Gasteiger partial charge on any atom is -0.330 e. The van der Waals surface area contributed by atoms with Gasteiger partial charge >= 0.3 is 6.18 Å². The molecule has 4 heteroatoms. The Hall–Kier alpha value is -0.250. The molecule has 0 aliphatic heterocycles. The lowest BCUT2D eigenvalue weighted by Gasteiger charge is -2.13. The van der Waals surface area contributed by atoms with Crippen molar-refractivity contribution in [3.05, 3.63) is 0 Å². The summed E-state index contributed by atoms with van der Waals surface area (Å²) in [6.07, 6.45) is -3.46. The molecule has 2 N–H and O–H groups in total. The molecule has 0 rings (SSSR count). The van der Waals surface area contributed by atoms with E-state index in [1.54, 1.807) is 0 Å². The van der Waals surface area contributed by atoms with Gasteiger partial charge in [-0.05, 0) is 19.4 Å². The lowest BCUT2D eigenvalue weighted by atomic mass is 10.1. The van der Waals surface area contributed by atoms with Gasteiger partial charge < -0.3 is 5.73 Å². The van der Waals surface area contributed by atoms with Crippen molar-refractivity contribution >= 4 is 0 Å². The monoisotopic (exact) mass is 155 g/mol. The van der Waals surface area contributed by atoms with E-state index in [0.717, 1.165) is 0 Å². The zero-order chi connectivity index (χ0) is 8.20. The first kappa shape index (κ1) is 9.75. The molecule has 0 heterocycles. The van der Waals surface area contributed by atoms with Crippen molar-refractivity contribution in [2.24, 2.45) is 11.7 Å². The second-order valence-corrected chi connectivity index (χ2v) is 2.37. The second-order valence-electron chi connectivity index (χ2n) is 2.37. The van der Waals surface area contributed by atoms with Crippen LogP contribution < -0.4 is 5.73 Å². The molecule has 0 aromatic carbocycles. The van der Waals surface area contributed by atoms with E-state index in [2.05, 4.69) is 0 Å². The van der Waals surface area contributed by atoms with Gasteiger partial charge in [-0.2, -0.15) is 13.2 Å². The van der Waals surface area contributed by atoms with Gasteiger partial charge in [0.1, 0.15) is 0 Å². The highest BCUT2D eigenvalue weighted by Crippen LogP contribution is 2.28. The molecule has 0 spiro atoms. The van der Waals surface area contributed by atoms with Gasteiger partial charge in [0.2, 0.25) is 0 Å². The summed E-state index contributed by atoms with van der Waals surface area (Å²) in [7, 11) is 0. The van der Waals surface area contributed by atoms with Crippen LogP contribution in [0.3, 0.4) is 0 Å². The average molecular weight is 155 g/mol. The van der Waals surface area contributed by atoms with E-state index in [0.29, 0.717) is 13.0 Å². The summed E-state index contributed by atoms with van der Waals surface area (Å²) in [5.41, 5.74) is 5.05. The molecule has 10 heavy (non-hydrogen) atoms. The summed E-state index contributed by atoms with van der Waals surface area (Å²) in [6, 6.07) is 0. The Bertz CT molecular complexity index is 89.5. The molecule has 0 radical (unpaired) electrons. The van der Waals surface area contributed by atoms with E-state index < -0.39 is 12.1 Å². The third kappa shape index (κ3) is 3.71. The molecule has 0 fully saturated rings. The Morgan fingerprint density at radius 3 is 2.20 bits per heavy atom. The molecule has 0 aliphatic rings. The number of rotatable bonds is 3. The Morgan fingerprint density at radius 2 is 1.90 bits per heavy atom. The lowest BCUT2D eigenvalue weighted by Crippen LogP contribution is -2.20. The van der Waals surface area contributed by atoms with Gasteiger partial charge in [0.15, 0.2) is 0 Å². The predicted molar refractivity (Wildman–Crippen MR) is 33.5 cm³/mol. The van der Waals surface area contributed by atoms with Crippen LogP contribution >= 0.6 is 0 Å². The van der Waals surface area contributed by atoms with Crippen LogP contribution in [0.4, 0.5) is 13.2 Å². The highest BCUT2D eigenvalue weighted by molar-refractivity contribution is 4.61. The molecular formula is C6H12F3N. The summed E-state index contributed by atoms with van der Waals surface area (Å²) in [5.74, 6) is -1.21. The maximum atomic E-state index is 11.7. The van der Waals surface area contributed by atoms with Gasteiger partial charge in [-0.3, -0.25) is 0 Å². The first-order valence-corrected chi connectivity index (χ1v) is 3.25. The Kier molecular flexibility index (Phi) is 3.71. The molecule has 0 amide bonds. The van der Waals surface area contributed by atoms with E-state index in [4.69, 9.17) is 5.73 Å². The van der Waals surface area contributed by atoms with E-state index in [1.807, 2.05) is 0 Å². The maximum Gasteiger partial charge on any atom is 0.391 e. The van der Waals surface area contributed by atoms with Gasteiger partial charge in [0.25, 0.3) is 0 Å². The Labute approximate surface area is 58.4 Å². The van der Waals surface area contributed by atoms with Crippen molar-refractivity contribution in [2.45, 2.75) is 25.9 Å². The van der Waals surface area contributed by atoms with Gasteiger partial charge in [-0.15, -0.1) is 0 Å². The van der Waals surface area contributed by atoms with Crippen molar-refractivity contribution in [1.29, 1.82) is 0 Å². The number of alkyl halides is 3. The smallest absolute Gasteiger partial charge is 0.330 e. The van der Waals surface area contributed by atoms with Crippen LogP contribution in [0.15, 0.2) is 0 Å². The summed E-state index contributed by atoms with van der Waals surface area (Å²) < 4.78 is 35.2. The normalized spacial score (nSPS) is 15.3. The van der Waals surface area contributed by atoms with E-state index in [9.17, 15) is 13.2 Å². The molecule has 1 atom stereocenters. The SMILES string of the molecule is CC(CCCN)C(F)(F)F. The van der Waals surface area contributed by atoms with Crippen LogP contribution in [-0.2, 0) is 0 Å². The first-order valence-electron chi connectivity index (χ1n) is 3.25. The van der Waals surface area contributed by atoms with Crippen LogP contribution in [0.1, 0.15) is 19.8 Å². The molecule has 0 aromatic heterocycles. The second kappa shape index (κ2) is 3.81. The maximum absolute atomic E-state index is 11.7. The quantitative estimate of drug-likeness (QED) is 0.662. The fraction of sp³-hybridized carbons (Fsp3) is 1.00. The molecule has 0 saturated heterocycles. The minimum atomic E-state index is -4.05. The summed E-state index contributed by atoms with van der Waals surface area (Å²) in [6.45, 7) is 1.51. The highest BCUT2D eigenvalue weighted by atomic mass is 19.4. The fourth-order valence-corrected chi connectivity index (χ4v) is 0.588. The highest BCUT2D eigenvalue weighted by Gasteiger charge is 2.34. The summed E-state index contributed by atoms with van der Waals surface area (Å²) in [4.78, 5) is 0. The fourth-order valence-electron chi connectivity index (χ4n) is 0.588. The molecule has 1 unspecified atom stereocenters. The standard InChI is InChI=1S/C6H12F3N/c1-5(3-2-4-10)6(7,8)9/h5H,2-4,10H2,1H3. The zero-order valence-electron chi connectivity index (χ0n) is 5.91. The lowest BCUT2D eigenvalue weighted by molar-refractivity contribution is -0.171. The molecule has 0 aromatic rings. The van der Waals surface area contributed by atoms with Crippen molar-refractivity contribution in [3.63, 3.8) is 0 Å². The molecular weight excluding hydrogens is 143 g/mol. The molecule has 62 valence electrons. The summed E-state index contributed by atoms with van der Waals surface area (Å²) in [5, 5.41) is 0. The van der Waals surface area contributed by atoms with Gasteiger partial charge in [-0.1, -0.05) is 6.92 Å². The van der Waals surface area contributed by atoms with Crippen LogP contribution in [0.2, 0.25) is 0 Å². The molecule has 0 bridgehead atoms. The van der Waals surface area contributed by atoms with Crippen molar-refractivity contribution in [2.75, 3.05) is 6.54 Å². The van der Waals surface area contributed by atoms with E-state index in [1.165, 1.54) is 6.92 Å². The number of hydrogen-bond donors (Lipinski definition) is 1. The van der Waals surface area contributed by atoms with Crippen LogP contribution in [0.25, 0.3) is 0 Å².